The van der Waals surface area contributed by atoms with E-state index < -0.39 is 5.97 Å². The molecule has 5 rings (SSSR count). The number of fused-ring (bicyclic) bond motifs is 1. The van der Waals surface area contributed by atoms with Gasteiger partial charge in [-0.1, -0.05) is 61.7 Å². The number of benzene rings is 2. The molecule has 1 aromatic heterocycles. The predicted octanol–water partition coefficient (Wildman–Crippen LogP) is 6.04. The number of carbonyl (C=O) groups is 2. The summed E-state index contributed by atoms with van der Waals surface area (Å²) in [5, 5.41) is 18.9. The van der Waals surface area contributed by atoms with Crippen LogP contribution < -0.4 is 5.32 Å². The standard InChI is InChI=1S/C27H27N3O4.C2H4/c1-17(27(32)33)29-30-16-28-25(24(26(30)31)19-7-3-2-4-8-19)20-13-11-18(12-14-20)23-15-21-9-5-6-10-22(21)34-23;1-2/h5-6,9-15,19,28H,2-4,7-8,16H2,1H3,(H,32,33);1-2H2/b29-17+;. The summed E-state index contributed by atoms with van der Waals surface area (Å²) in [6.45, 7) is 7.52. The van der Waals surface area contributed by atoms with Crippen LogP contribution >= 0.6 is 0 Å². The van der Waals surface area contributed by atoms with Gasteiger partial charge in [-0.15, -0.1) is 13.2 Å². The third-order valence-electron chi connectivity index (χ3n) is 6.62. The molecule has 0 atom stereocenters. The quantitative estimate of drug-likeness (QED) is 0.339. The molecule has 0 saturated heterocycles. The molecule has 1 aliphatic carbocycles. The Morgan fingerprint density at radius 3 is 2.39 bits per heavy atom. The van der Waals surface area contributed by atoms with Crippen LogP contribution in [0.2, 0.25) is 0 Å². The molecule has 7 nitrogen and oxygen atoms in total. The van der Waals surface area contributed by atoms with Crippen LogP contribution in [-0.2, 0) is 9.59 Å². The summed E-state index contributed by atoms with van der Waals surface area (Å²) in [5.74, 6) is -0.431. The number of rotatable bonds is 5. The third kappa shape index (κ3) is 5.10. The van der Waals surface area contributed by atoms with Gasteiger partial charge in [-0.05, 0) is 43.4 Å². The van der Waals surface area contributed by atoms with E-state index in [0.717, 1.165) is 59.2 Å². The summed E-state index contributed by atoms with van der Waals surface area (Å²) in [7, 11) is 0. The first-order valence-electron chi connectivity index (χ1n) is 12.2. The zero-order chi connectivity index (χ0) is 25.7. The van der Waals surface area contributed by atoms with Gasteiger partial charge in [0.1, 0.15) is 23.7 Å². The zero-order valence-electron chi connectivity index (χ0n) is 20.5. The van der Waals surface area contributed by atoms with Crippen LogP contribution in [0.5, 0.6) is 0 Å². The van der Waals surface area contributed by atoms with Crippen molar-refractivity contribution in [1.29, 1.82) is 0 Å². The topological polar surface area (TPSA) is 95.1 Å². The fourth-order valence-electron chi connectivity index (χ4n) is 4.82. The first-order valence-corrected chi connectivity index (χ1v) is 12.2. The second kappa shape index (κ2) is 11.1. The van der Waals surface area contributed by atoms with Crippen LogP contribution in [0.25, 0.3) is 28.0 Å². The Labute approximate surface area is 210 Å². The Balaban J connectivity index is 0.00000148. The summed E-state index contributed by atoms with van der Waals surface area (Å²) < 4.78 is 5.99. The number of carboxylic acid groups (broad SMARTS) is 1. The first kappa shape index (κ1) is 25.0. The van der Waals surface area contributed by atoms with Crippen molar-refractivity contribution in [2.24, 2.45) is 11.0 Å². The minimum absolute atomic E-state index is 0.114. The summed E-state index contributed by atoms with van der Waals surface area (Å²) in [6.07, 6.45) is 5.22. The van der Waals surface area contributed by atoms with Crippen LogP contribution in [0.3, 0.4) is 0 Å². The number of hydrazone groups is 1. The van der Waals surface area contributed by atoms with E-state index in [1.165, 1.54) is 18.4 Å². The molecule has 0 bridgehead atoms. The zero-order valence-corrected chi connectivity index (χ0v) is 20.5. The molecule has 36 heavy (non-hydrogen) atoms. The number of para-hydroxylation sites is 1. The van der Waals surface area contributed by atoms with Crippen molar-refractivity contribution in [3.63, 3.8) is 0 Å². The van der Waals surface area contributed by atoms with Crippen LogP contribution in [0.4, 0.5) is 0 Å². The highest BCUT2D eigenvalue weighted by Crippen LogP contribution is 2.37. The molecule has 2 aromatic carbocycles. The average molecular weight is 486 g/mol. The van der Waals surface area contributed by atoms with Gasteiger partial charge in [-0.3, -0.25) is 4.79 Å². The molecular weight excluding hydrogens is 454 g/mol. The van der Waals surface area contributed by atoms with Crippen molar-refractivity contribution in [2.45, 2.75) is 39.0 Å². The fourth-order valence-corrected chi connectivity index (χ4v) is 4.82. The number of aliphatic carboxylic acids is 1. The highest BCUT2D eigenvalue weighted by atomic mass is 16.4. The number of nitrogens with zero attached hydrogens (tertiary/aromatic N) is 2. The molecule has 0 radical (unpaired) electrons. The van der Waals surface area contributed by atoms with Crippen molar-refractivity contribution < 1.29 is 19.1 Å². The van der Waals surface area contributed by atoms with Gasteiger partial charge in [0.05, 0.1) is 5.70 Å². The average Bonchev–Trinajstić information content (AvgIpc) is 3.36. The van der Waals surface area contributed by atoms with E-state index in [1.54, 1.807) is 0 Å². The Hall–Kier alpha value is -4.13. The molecule has 7 heteroatoms. The minimum atomic E-state index is -1.14. The Kier molecular flexibility index (Phi) is 7.68. The Bertz CT molecular complexity index is 1280. The molecule has 2 aliphatic rings. The summed E-state index contributed by atoms with van der Waals surface area (Å²) in [4.78, 5) is 24.7. The molecule has 186 valence electrons. The van der Waals surface area contributed by atoms with Gasteiger partial charge in [-0.2, -0.15) is 5.10 Å². The molecular formula is C29H31N3O4. The molecule has 0 spiro atoms. The minimum Gasteiger partial charge on any atom is -0.477 e. The molecule has 3 aromatic rings. The van der Waals surface area contributed by atoms with Gasteiger partial charge in [-0.25, -0.2) is 9.80 Å². The van der Waals surface area contributed by atoms with E-state index in [4.69, 9.17) is 4.42 Å². The van der Waals surface area contributed by atoms with Crippen LogP contribution in [0.15, 0.2) is 82.8 Å². The van der Waals surface area contributed by atoms with Crippen molar-refractivity contribution in [2.75, 3.05) is 6.67 Å². The lowest BCUT2D eigenvalue weighted by atomic mass is 9.81. The lowest BCUT2D eigenvalue weighted by Crippen LogP contribution is -2.44. The normalized spacial score (nSPS) is 17.0. The summed E-state index contributed by atoms with van der Waals surface area (Å²) >= 11 is 0. The monoisotopic (exact) mass is 485 g/mol. The highest BCUT2D eigenvalue weighted by Gasteiger charge is 2.34. The van der Waals surface area contributed by atoms with Crippen LogP contribution in [0, 0.1) is 5.92 Å². The van der Waals surface area contributed by atoms with Crippen LogP contribution in [0.1, 0.15) is 44.6 Å². The number of carbonyl (C=O) groups excluding carboxylic acids is 1. The fraction of sp³-hybridized carbons (Fsp3) is 0.276. The van der Waals surface area contributed by atoms with Crippen molar-refractivity contribution >= 4 is 34.3 Å². The SMILES string of the molecule is C/C(=N\N1CNC(c2ccc(-c3cc4ccccc4o3)cc2)=C(C2CCCCC2)C1=O)C(=O)O.C=C. The highest BCUT2D eigenvalue weighted by molar-refractivity contribution is 6.34. The maximum absolute atomic E-state index is 13.5. The lowest BCUT2D eigenvalue weighted by Gasteiger charge is -2.34. The molecule has 0 unspecified atom stereocenters. The van der Waals surface area contributed by atoms with Gasteiger partial charge in [0.2, 0.25) is 0 Å². The molecule has 1 aliphatic heterocycles. The van der Waals surface area contributed by atoms with Gasteiger partial charge >= 0.3 is 5.97 Å². The molecule has 2 N–H and O–H groups in total. The van der Waals surface area contributed by atoms with E-state index in [2.05, 4.69) is 23.6 Å². The van der Waals surface area contributed by atoms with Crippen molar-refractivity contribution in [3.8, 4) is 11.3 Å². The second-order valence-electron chi connectivity index (χ2n) is 8.88. The summed E-state index contributed by atoms with van der Waals surface area (Å²) in [5.41, 5.74) is 4.13. The van der Waals surface area contributed by atoms with Gasteiger partial charge < -0.3 is 14.8 Å². The molecule has 1 saturated carbocycles. The second-order valence-corrected chi connectivity index (χ2v) is 8.88. The van der Waals surface area contributed by atoms with E-state index in [-0.39, 0.29) is 24.2 Å². The smallest absolute Gasteiger partial charge is 0.351 e. The molecule has 2 heterocycles. The largest absolute Gasteiger partial charge is 0.477 e. The Morgan fingerprint density at radius 2 is 1.72 bits per heavy atom. The number of hydrogen-bond donors (Lipinski definition) is 2. The predicted molar refractivity (Wildman–Crippen MR) is 142 cm³/mol. The van der Waals surface area contributed by atoms with Crippen LogP contribution in [-0.4, -0.2) is 34.4 Å². The Morgan fingerprint density at radius 1 is 1.06 bits per heavy atom. The maximum Gasteiger partial charge on any atom is 0.351 e. The molecule has 1 fully saturated rings. The number of hydrogen-bond acceptors (Lipinski definition) is 5. The van der Waals surface area contributed by atoms with E-state index in [1.807, 2.05) is 54.6 Å². The van der Waals surface area contributed by atoms with Crippen molar-refractivity contribution in [3.05, 3.63) is 78.9 Å². The van der Waals surface area contributed by atoms with Gasteiger partial charge in [0.25, 0.3) is 5.91 Å². The van der Waals surface area contributed by atoms with Gasteiger partial charge in [0.15, 0.2) is 0 Å². The molecule has 1 amide bonds. The van der Waals surface area contributed by atoms with Gasteiger partial charge in [0, 0.05) is 16.5 Å². The first-order chi connectivity index (χ1) is 17.5. The number of nitrogens with one attached hydrogen (secondary N) is 1. The number of carboxylic acids is 1. The number of furan rings is 1. The van der Waals surface area contributed by atoms with E-state index >= 15 is 0 Å². The summed E-state index contributed by atoms with van der Waals surface area (Å²) in [6, 6.07) is 18.0. The van der Waals surface area contributed by atoms with E-state index in [0.29, 0.717) is 5.57 Å². The number of amides is 1. The third-order valence-corrected chi connectivity index (χ3v) is 6.62. The lowest BCUT2D eigenvalue weighted by molar-refractivity contribution is -0.129. The van der Waals surface area contributed by atoms with Crippen molar-refractivity contribution in [1.82, 2.24) is 10.3 Å². The van der Waals surface area contributed by atoms with E-state index in [9.17, 15) is 14.7 Å². The maximum atomic E-state index is 13.5.